The van der Waals surface area contributed by atoms with Gasteiger partial charge >= 0.3 is 0 Å². The lowest BCUT2D eigenvalue weighted by Crippen LogP contribution is -2.15. The summed E-state index contributed by atoms with van der Waals surface area (Å²) < 4.78 is 6.66. The van der Waals surface area contributed by atoms with Gasteiger partial charge in [0.2, 0.25) is 0 Å². The van der Waals surface area contributed by atoms with E-state index in [9.17, 15) is 4.79 Å². The fourth-order valence-electron chi connectivity index (χ4n) is 2.26. The van der Waals surface area contributed by atoms with E-state index in [-0.39, 0.29) is 5.91 Å². The third kappa shape index (κ3) is 3.49. The van der Waals surface area contributed by atoms with Crippen LogP contribution in [0, 0.1) is 0 Å². The largest absolute Gasteiger partial charge is 0.384 e. The number of aromatic nitrogens is 5. The maximum Gasteiger partial charge on any atom is 0.275 e. The summed E-state index contributed by atoms with van der Waals surface area (Å²) in [6, 6.07) is 5.34. The van der Waals surface area contributed by atoms with Crippen molar-refractivity contribution in [1.29, 1.82) is 0 Å². The summed E-state index contributed by atoms with van der Waals surface area (Å²) in [4.78, 5) is 16.5. The number of methoxy groups -OCH3 is 1. The van der Waals surface area contributed by atoms with Gasteiger partial charge in [0.15, 0.2) is 0 Å². The Morgan fingerprint density at radius 1 is 1.33 bits per heavy atom. The molecule has 0 bridgehead atoms. The van der Waals surface area contributed by atoms with Gasteiger partial charge in [-0.25, -0.2) is 0 Å². The third-order valence-electron chi connectivity index (χ3n) is 3.56. The monoisotopic (exact) mass is 326 g/mol. The smallest absolute Gasteiger partial charge is 0.275 e. The molecule has 24 heavy (non-hydrogen) atoms. The van der Waals surface area contributed by atoms with Crippen molar-refractivity contribution in [2.24, 2.45) is 7.05 Å². The second-order valence-electron chi connectivity index (χ2n) is 5.26. The Balaban J connectivity index is 1.69. The molecule has 124 valence electrons. The van der Waals surface area contributed by atoms with Gasteiger partial charge in [-0.05, 0) is 6.07 Å². The van der Waals surface area contributed by atoms with Crippen LogP contribution in [0.2, 0.25) is 0 Å². The first kappa shape index (κ1) is 15.9. The zero-order chi connectivity index (χ0) is 16.9. The number of nitrogens with one attached hydrogen (secondary N) is 2. The van der Waals surface area contributed by atoms with Gasteiger partial charge in [0.1, 0.15) is 11.5 Å². The summed E-state index contributed by atoms with van der Waals surface area (Å²) in [5.41, 5.74) is 3.01. The van der Waals surface area contributed by atoms with E-state index in [1.54, 1.807) is 43.5 Å². The molecule has 2 N–H and O–H groups in total. The third-order valence-corrected chi connectivity index (χ3v) is 3.56. The molecule has 3 aromatic rings. The molecule has 3 aromatic heterocycles. The number of ether oxygens (including phenoxy) is 1. The maximum atomic E-state index is 12.3. The van der Waals surface area contributed by atoms with Crippen LogP contribution in [0.1, 0.15) is 16.2 Å². The van der Waals surface area contributed by atoms with Gasteiger partial charge in [0, 0.05) is 50.2 Å². The highest BCUT2D eigenvalue weighted by Gasteiger charge is 2.12. The van der Waals surface area contributed by atoms with E-state index in [1.807, 2.05) is 12.1 Å². The number of carbonyl (C=O) groups excluding carboxylic acids is 1. The highest BCUT2D eigenvalue weighted by atomic mass is 16.5. The Labute approximate surface area is 138 Å². The highest BCUT2D eigenvalue weighted by Crippen LogP contribution is 2.17. The molecule has 0 aliphatic rings. The number of amides is 1. The number of hydrogen-bond donors (Lipinski definition) is 2. The number of carbonyl (C=O) groups is 1. The van der Waals surface area contributed by atoms with E-state index in [0.717, 1.165) is 16.8 Å². The van der Waals surface area contributed by atoms with Crippen molar-refractivity contribution >= 4 is 11.7 Å². The van der Waals surface area contributed by atoms with E-state index in [2.05, 4.69) is 25.6 Å². The number of nitrogens with zero attached hydrogens (tertiary/aromatic N) is 4. The van der Waals surface area contributed by atoms with Crippen LogP contribution >= 0.6 is 0 Å². The molecule has 8 nitrogen and oxygen atoms in total. The lowest BCUT2D eigenvalue weighted by atomic mass is 10.1. The quantitative estimate of drug-likeness (QED) is 0.718. The summed E-state index contributed by atoms with van der Waals surface area (Å²) in [6.07, 6.45) is 5.81. The standard InChI is InChI=1S/C16H18N6O2/c1-22-15(7-13(21-22)5-6-24-2)20-16(23)14-4-3-11(8-17-14)12-9-18-19-10-12/h3-4,7-10H,5-6H2,1-2H3,(H,18,19)(H,20,23). The number of rotatable bonds is 6. The van der Waals surface area contributed by atoms with E-state index in [4.69, 9.17) is 4.74 Å². The molecule has 3 rings (SSSR count). The van der Waals surface area contributed by atoms with Crippen LogP contribution in [-0.4, -0.2) is 44.6 Å². The second kappa shape index (κ2) is 7.05. The minimum atomic E-state index is -0.282. The molecular formula is C16H18N6O2. The van der Waals surface area contributed by atoms with Crippen molar-refractivity contribution < 1.29 is 9.53 Å². The fraction of sp³-hybridized carbons (Fsp3) is 0.250. The van der Waals surface area contributed by atoms with Gasteiger partial charge in [0.25, 0.3) is 5.91 Å². The molecule has 0 aliphatic heterocycles. The number of pyridine rings is 1. The summed E-state index contributed by atoms with van der Waals surface area (Å²) >= 11 is 0. The zero-order valence-corrected chi connectivity index (χ0v) is 13.5. The molecule has 0 aliphatic carbocycles. The van der Waals surface area contributed by atoms with Gasteiger partial charge in [0.05, 0.1) is 18.5 Å². The molecule has 0 radical (unpaired) electrons. The normalized spacial score (nSPS) is 10.8. The Bertz CT molecular complexity index is 808. The van der Waals surface area contributed by atoms with Crippen molar-refractivity contribution in [2.75, 3.05) is 19.0 Å². The molecule has 3 heterocycles. The topological polar surface area (TPSA) is 97.7 Å². The van der Waals surface area contributed by atoms with Crippen LogP contribution in [0.3, 0.4) is 0 Å². The first-order valence-corrected chi connectivity index (χ1v) is 7.46. The minimum Gasteiger partial charge on any atom is -0.384 e. The van der Waals surface area contributed by atoms with Crippen LogP contribution in [0.5, 0.6) is 0 Å². The Morgan fingerprint density at radius 2 is 2.21 bits per heavy atom. The predicted molar refractivity (Wildman–Crippen MR) is 88.6 cm³/mol. The fourth-order valence-corrected chi connectivity index (χ4v) is 2.26. The maximum absolute atomic E-state index is 12.3. The molecule has 0 saturated heterocycles. The lowest BCUT2D eigenvalue weighted by molar-refractivity contribution is 0.102. The van der Waals surface area contributed by atoms with Crippen LogP contribution in [0.25, 0.3) is 11.1 Å². The second-order valence-corrected chi connectivity index (χ2v) is 5.26. The molecule has 1 amide bonds. The average molecular weight is 326 g/mol. The van der Waals surface area contributed by atoms with E-state index >= 15 is 0 Å². The van der Waals surface area contributed by atoms with E-state index in [1.165, 1.54) is 0 Å². The van der Waals surface area contributed by atoms with Crippen molar-refractivity contribution in [3.63, 3.8) is 0 Å². The average Bonchev–Trinajstić information content (AvgIpc) is 3.24. The van der Waals surface area contributed by atoms with Crippen LogP contribution in [0.15, 0.2) is 36.8 Å². The molecule has 8 heteroatoms. The zero-order valence-electron chi connectivity index (χ0n) is 13.5. The summed E-state index contributed by atoms with van der Waals surface area (Å²) in [6.45, 7) is 0.585. The molecular weight excluding hydrogens is 308 g/mol. The van der Waals surface area contributed by atoms with Gasteiger partial charge in [-0.1, -0.05) is 6.07 Å². The predicted octanol–water partition coefficient (Wildman–Crippen LogP) is 1.65. The molecule has 0 atom stereocenters. The number of anilines is 1. The van der Waals surface area contributed by atoms with Gasteiger partial charge < -0.3 is 10.1 Å². The van der Waals surface area contributed by atoms with Crippen molar-refractivity contribution in [3.05, 3.63) is 48.2 Å². The summed E-state index contributed by atoms with van der Waals surface area (Å²) in [5, 5.41) is 13.8. The highest BCUT2D eigenvalue weighted by molar-refractivity contribution is 6.02. The number of H-pyrrole nitrogens is 1. The van der Waals surface area contributed by atoms with Crippen molar-refractivity contribution in [2.45, 2.75) is 6.42 Å². The molecule has 0 spiro atoms. The van der Waals surface area contributed by atoms with Gasteiger partial charge in [-0.2, -0.15) is 10.2 Å². The molecule has 0 unspecified atom stereocenters. The number of aromatic amines is 1. The number of hydrogen-bond acceptors (Lipinski definition) is 5. The molecule has 0 fully saturated rings. The molecule has 0 aromatic carbocycles. The van der Waals surface area contributed by atoms with Crippen molar-refractivity contribution in [1.82, 2.24) is 25.0 Å². The number of aryl methyl sites for hydroxylation is 1. The first-order valence-electron chi connectivity index (χ1n) is 7.46. The molecule has 0 saturated carbocycles. The first-order chi connectivity index (χ1) is 11.7. The SMILES string of the molecule is COCCc1cc(NC(=O)c2ccc(-c3cn[nH]c3)cn2)n(C)n1. The van der Waals surface area contributed by atoms with Crippen molar-refractivity contribution in [3.8, 4) is 11.1 Å². The van der Waals surface area contributed by atoms with Crippen LogP contribution < -0.4 is 5.32 Å². The minimum absolute atomic E-state index is 0.282. The van der Waals surface area contributed by atoms with Crippen LogP contribution in [0.4, 0.5) is 5.82 Å². The Kier molecular flexibility index (Phi) is 4.66. The van der Waals surface area contributed by atoms with Crippen LogP contribution in [-0.2, 0) is 18.2 Å². The van der Waals surface area contributed by atoms with Gasteiger partial charge in [-0.3, -0.25) is 19.6 Å². The Morgan fingerprint density at radius 3 is 2.88 bits per heavy atom. The summed E-state index contributed by atoms with van der Waals surface area (Å²) in [5.74, 6) is 0.335. The van der Waals surface area contributed by atoms with Gasteiger partial charge in [-0.15, -0.1) is 0 Å². The summed E-state index contributed by atoms with van der Waals surface area (Å²) in [7, 11) is 3.42. The lowest BCUT2D eigenvalue weighted by Gasteiger charge is -2.05. The Hall–Kier alpha value is -3.00. The van der Waals surface area contributed by atoms with E-state index in [0.29, 0.717) is 24.5 Å². The van der Waals surface area contributed by atoms with E-state index < -0.39 is 0 Å².